The van der Waals surface area contributed by atoms with E-state index in [0.717, 1.165) is 13.0 Å². The summed E-state index contributed by atoms with van der Waals surface area (Å²) >= 11 is 0. The van der Waals surface area contributed by atoms with Crippen LogP contribution in [0.4, 0.5) is 0 Å². The number of ether oxygens (including phenoxy) is 1. The normalized spacial score (nSPS) is 19.5. The second-order valence-corrected chi connectivity index (χ2v) is 4.61. The molecule has 1 saturated heterocycles. The van der Waals surface area contributed by atoms with Crippen molar-refractivity contribution in [2.75, 3.05) is 26.3 Å². The summed E-state index contributed by atoms with van der Waals surface area (Å²) in [5, 5.41) is 6.07. The molecule has 1 fully saturated rings. The van der Waals surface area contributed by atoms with Crippen LogP contribution in [0.5, 0.6) is 0 Å². The van der Waals surface area contributed by atoms with Gasteiger partial charge in [-0.25, -0.2) is 0 Å². The van der Waals surface area contributed by atoms with Gasteiger partial charge in [0.15, 0.2) is 0 Å². The average molecular weight is 248 g/mol. The van der Waals surface area contributed by atoms with E-state index < -0.39 is 0 Å². The fraction of sp³-hybridized carbons (Fsp3) is 0.500. The second-order valence-electron chi connectivity index (χ2n) is 4.61. The maximum Gasteiger partial charge on any atom is 0.239 e. The van der Waals surface area contributed by atoms with Gasteiger partial charge in [0.1, 0.15) is 6.04 Å². The van der Waals surface area contributed by atoms with Crippen molar-refractivity contribution in [1.82, 2.24) is 10.6 Å². The molecule has 1 aliphatic heterocycles. The third-order valence-corrected chi connectivity index (χ3v) is 3.07. The van der Waals surface area contributed by atoms with Crippen molar-refractivity contribution in [2.24, 2.45) is 0 Å². The van der Waals surface area contributed by atoms with Gasteiger partial charge in [0.2, 0.25) is 5.91 Å². The minimum absolute atomic E-state index is 0.0295. The van der Waals surface area contributed by atoms with E-state index in [1.165, 1.54) is 11.1 Å². The lowest BCUT2D eigenvalue weighted by atomic mass is 10.1. The Hall–Kier alpha value is -1.39. The van der Waals surface area contributed by atoms with Crippen LogP contribution in [0.2, 0.25) is 0 Å². The molecule has 1 heterocycles. The Morgan fingerprint density at radius 2 is 2.22 bits per heavy atom. The largest absolute Gasteiger partial charge is 0.378 e. The molecule has 1 aromatic carbocycles. The number of carbonyl (C=O) groups is 1. The van der Waals surface area contributed by atoms with Gasteiger partial charge in [0.25, 0.3) is 0 Å². The number of hydrogen-bond donors (Lipinski definition) is 2. The van der Waals surface area contributed by atoms with E-state index in [4.69, 9.17) is 4.74 Å². The molecule has 0 saturated carbocycles. The third-order valence-electron chi connectivity index (χ3n) is 3.07. The molecule has 0 spiro atoms. The molecule has 0 radical (unpaired) electrons. The van der Waals surface area contributed by atoms with E-state index in [2.05, 4.69) is 41.8 Å². The molecular weight excluding hydrogens is 228 g/mol. The minimum Gasteiger partial charge on any atom is -0.378 e. The Labute approximate surface area is 108 Å². The van der Waals surface area contributed by atoms with Crippen LogP contribution < -0.4 is 10.6 Å². The van der Waals surface area contributed by atoms with E-state index in [9.17, 15) is 4.79 Å². The van der Waals surface area contributed by atoms with Crippen LogP contribution in [0.1, 0.15) is 11.1 Å². The molecule has 1 aromatic rings. The smallest absolute Gasteiger partial charge is 0.239 e. The van der Waals surface area contributed by atoms with Crippen molar-refractivity contribution in [1.29, 1.82) is 0 Å². The Balaban J connectivity index is 1.71. The molecule has 18 heavy (non-hydrogen) atoms. The lowest BCUT2D eigenvalue weighted by molar-refractivity contribution is -0.125. The number of carbonyl (C=O) groups excluding carboxylic acids is 1. The fourth-order valence-electron chi connectivity index (χ4n) is 1.94. The summed E-state index contributed by atoms with van der Waals surface area (Å²) in [7, 11) is 0. The molecular formula is C14H20N2O2. The topological polar surface area (TPSA) is 50.4 Å². The van der Waals surface area contributed by atoms with Crippen LogP contribution >= 0.6 is 0 Å². The zero-order chi connectivity index (χ0) is 12.8. The van der Waals surface area contributed by atoms with Gasteiger partial charge in [-0.05, 0) is 18.9 Å². The van der Waals surface area contributed by atoms with E-state index in [-0.39, 0.29) is 11.9 Å². The maximum atomic E-state index is 11.8. The van der Waals surface area contributed by atoms with E-state index in [0.29, 0.717) is 19.8 Å². The third kappa shape index (κ3) is 3.82. The molecule has 0 bridgehead atoms. The number of rotatable bonds is 4. The Kier molecular flexibility index (Phi) is 4.73. The van der Waals surface area contributed by atoms with Crippen LogP contribution in [-0.2, 0) is 16.0 Å². The number of amides is 1. The summed E-state index contributed by atoms with van der Waals surface area (Å²) in [5.74, 6) is 0.0295. The molecule has 0 aromatic heterocycles. The summed E-state index contributed by atoms with van der Waals surface area (Å²) in [4.78, 5) is 11.8. The van der Waals surface area contributed by atoms with E-state index in [1.807, 2.05) is 0 Å². The predicted molar refractivity (Wildman–Crippen MR) is 70.5 cm³/mol. The molecule has 2 rings (SSSR count). The maximum absolute atomic E-state index is 11.8. The van der Waals surface area contributed by atoms with Crippen LogP contribution in [-0.4, -0.2) is 38.3 Å². The van der Waals surface area contributed by atoms with E-state index >= 15 is 0 Å². The quantitative estimate of drug-likeness (QED) is 0.822. The van der Waals surface area contributed by atoms with Crippen LogP contribution in [0.15, 0.2) is 24.3 Å². The lowest BCUT2D eigenvalue weighted by Gasteiger charge is -2.22. The average Bonchev–Trinajstić information content (AvgIpc) is 2.42. The highest BCUT2D eigenvalue weighted by atomic mass is 16.5. The van der Waals surface area contributed by atoms with Crippen molar-refractivity contribution >= 4 is 5.91 Å². The van der Waals surface area contributed by atoms with Gasteiger partial charge in [-0.1, -0.05) is 29.8 Å². The molecule has 0 aliphatic carbocycles. The second kappa shape index (κ2) is 6.52. The first kappa shape index (κ1) is 13.1. The summed E-state index contributed by atoms with van der Waals surface area (Å²) in [6, 6.07) is 8.19. The highest BCUT2D eigenvalue weighted by Gasteiger charge is 2.20. The Bertz CT molecular complexity index is 383. The van der Waals surface area contributed by atoms with Gasteiger partial charge in [-0.15, -0.1) is 0 Å². The van der Waals surface area contributed by atoms with Crippen LogP contribution in [0.3, 0.4) is 0 Å². The van der Waals surface area contributed by atoms with Crippen molar-refractivity contribution < 1.29 is 9.53 Å². The molecule has 2 N–H and O–H groups in total. The number of aryl methyl sites for hydroxylation is 1. The van der Waals surface area contributed by atoms with Crippen LogP contribution in [0, 0.1) is 6.92 Å². The van der Waals surface area contributed by atoms with Gasteiger partial charge in [0, 0.05) is 13.1 Å². The fourth-order valence-corrected chi connectivity index (χ4v) is 1.94. The number of nitrogens with one attached hydrogen (secondary N) is 2. The standard InChI is InChI=1S/C14H20N2O2/c1-11-2-4-12(5-3-11)6-7-16-14(17)13-10-18-9-8-15-13/h2-5,13,15H,6-10H2,1H3,(H,16,17). The molecule has 1 unspecified atom stereocenters. The molecule has 1 amide bonds. The van der Waals surface area contributed by atoms with Crippen LogP contribution in [0.25, 0.3) is 0 Å². The number of benzene rings is 1. The van der Waals surface area contributed by atoms with Gasteiger partial charge in [0.05, 0.1) is 13.2 Å². The van der Waals surface area contributed by atoms with Gasteiger partial charge in [-0.2, -0.15) is 0 Å². The summed E-state index contributed by atoms with van der Waals surface area (Å²) in [6.45, 7) is 4.64. The molecule has 1 aliphatic rings. The highest BCUT2D eigenvalue weighted by molar-refractivity contribution is 5.81. The monoisotopic (exact) mass is 248 g/mol. The zero-order valence-corrected chi connectivity index (χ0v) is 10.7. The number of morpholine rings is 1. The molecule has 4 heteroatoms. The van der Waals surface area contributed by atoms with Gasteiger partial charge in [-0.3, -0.25) is 4.79 Å². The summed E-state index contributed by atoms with van der Waals surface area (Å²) in [6.07, 6.45) is 0.861. The SMILES string of the molecule is Cc1ccc(CCNC(=O)C2COCCN2)cc1. The van der Waals surface area contributed by atoms with E-state index in [1.54, 1.807) is 0 Å². The zero-order valence-electron chi connectivity index (χ0n) is 10.7. The van der Waals surface area contributed by atoms with Crippen molar-refractivity contribution in [3.63, 3.8) is 0 Å². The highest BCUT2D eigenvalue weighted by Crippen LogP contribution is 2.03. The van der Waals surface area contributed by atoms with Gasteiger partial charge >= 0.3 is 0 Å². The van der Waals surface area contributed by atoms with Crippen molar-refractivity contribution in [3.8, 4) is 0 Å². The molecule has 4 nitrogen and oxygen atoms in total. The van der Waals surface area contributed by atoms with Crippen molar-refractivity contribution in [2.45, 2.75) is 19.4 Å². The first-order chi connectivity index (χ1) is 8.75. The summed E-state index contributed by atoms with van der Waals surface area (Å²) < 4.78 is 5.26. The first-order valence-electron chi connectivity index (χ1n) is 6.40. The predicted octanol–water partition coefficient (Wildman–Crippen LogP) is 0.642. The molecule has 1 atom stereocenters. The lowest BCUT2D eigenvalue weighted by Crippen LogP contribution is -2.51. The summed E-state index contributed by atoms with van der Waals surface area (Å²) in [5.41, 5.74) is 2.50. The first-order valence-corrected chi connectivity index (χ1v) is 6.40. The minimum atomic E-state index is -0.197. The van der Waals surface area contributed by atoms with Crippen molar-refractivity contribution in [3.05, 3.63) is 35.4 Å². The molecule has 98 valence electrons. The van der Waals surface area contributed by atoms with Gasteiger partial charge < -0.3 is 15.4 Å². The Morgan fingerprint density at radius 1 is 1.44 bits per heavy atom. The number of hydrogen-bond acceptors (Lipinski definition) is 3. The Morgan fingerprint density at radius 3 is 2.89 bits per heavy atom.